The maximum Gasteiger partial charge on any atom is 0.270 e. The summed E-state index contributed by atoms with van der Waals surface area (Å²) >= 11 is 0. The molecule has 0 aliphatic heterocycles. The number of nitrogens with zero attached hydrogens (tertiary/aromatic N) is 3. The molecule has 7 nitrogen and oxygen atoms in total. The van der Waals surface area contributed by atoms with Gasteiger partial charge in [-0.05, 0) is 26.0 Å². The number of amides is 1. The van der Waals surface area contributed by atoms with E-state index in [0.29, 0.717) is 5.82 Å². The first kappa shape index (κ1) is 14.3. The molecule has 0 aromatic carbocycles. The van der Waals surface area contributed by atoms with Crippen molar-refractivity contribution in [2.45, 2.75) is 13.8 Å². The third-order valence-electron chi connectivity index (χ3n) is 2.91. The molecule has 1 N–H and O–H groups in total. The fourth-order valence-electron chi connectivity index (χ4n) is 2.08. The van der Waals surface area contributed by atoms with E-state index in [9.17, 15) is 13.2 Å². The highest BCUT2D eigenvalue weighted by atomic mass is 32.2. The minimum atomic E-state index is -3.61. The highest BCUT2D eigenvalue weighted by Crippen LogP contribution is 2.19. The molecule has 0 aliphatic rings. The lowest BCUT2D eigenvalue weighted by Crippen LogP contribution is -2.30. The second-order valence-corrected chi connectivity index (χ2v) is 6.41. The summed E-state index contributed by atoms with van der Waals surface area (Å²) in [5.41, 5.74) is 2.07. The fraction of sp³-hybridized carbons (Fsp3) is 0.333. The second-order valence-electron chi connectivity index (χ2n) is 4.66. The van der Waals surface area contributed by atoms with Crippen LogP contribution in [0.2, 0.25) is 0 Å². The van der Waals surface area contributed by atoms with Gasteiger partial charge < -0.3 is 4.57 Å². The van der Waals surface area contributed by atoms with Gasteiger partial charge in [-0.2, -0.15) is 5.10 Å². The minimum absolute atomic E-state index is 0.209. The van der Waals surface area contributed by atoms with Gasteiger partial charge >= 0.3 is 0 Å². The Morgan fingerprint density at radius 1 is 1.25 bits per heavy atom. The molecule has 20 heavy (non-hydrogen) atoms. The zero-order chi connectivity index (χ0) is 15.1. The number of carbonyl (C=O) groups excluding carboxylic acids is 1. The molecule has 0 bridgehead atoms. The Kier molecular flexibility index (Phi) is 3.43. The zero-order valence-electron chi connectivity index (χ0n) is 11.7. The topological polar surface area (TPSA) is 86.0 Å². The first-order valence-corrected chi connectivity index (χ1v) is 7.79. The van der Waals surface area contributed by atoms with Crippen molar-refractivity contribution in [3.63, 3.8) is 0 Å². The van der Waals surface area contributed by atoms with Crippen LogP contribution < -0.4 is 4.72 Å². The standard InChI is InChI=1S/C12H16N4O3S/c1-8-5-6-9(2)16(8)12-10(7-13-15(12)3)11(17)14-20(4,18)19/h5-7H,1-4H3,(H,14,17). The summed E-state index contributed by atoms with van der Waals surface area (Å²) in [6, 6.07) is 3.83. The lowest BCUT2D eigenvalue weighted by atomic mass is 10.3. The monoisotopic (exact) mass is 296 g/mol. The molecule has 1 amide bonds. The fourth-order valence-corrected chi connectivity index (χ4v) is 2.53. The van der Waals surface area contributed by atoms with Crippen LogP contribution >= 0.6 is 0 Å². The average molecular weight is 296 g/mol. The summed E-state index contributed by atoms with van der Waals surface area (Å²) in [5.74, 6) is -0.158. The van der Waals surface area contributed by atoms with Crippen molar-refractivity contribution >= 4 is 15.9 Å². The van der Waals surface area contributed by atoms with Crippen LogP contribution in [0.5, 0.6) is 0 Å². The van der Waals surface area contributed by atoms with E-state index < -0.39 is 15.9 Å². The maximum atomic E-state index is 12.1. The Labute approximate surface area is 117 Å². The summed E-state index contributed by atoms with van der Waals surface area (Å²) in [7, 11) is -1.91. The SMILES string of the molecule is Cc1ccc(C)n1-c1c(C(=O)NS(C)(=O)=O)cnn1C. The van der Waals surface area contributed by atoms with Crippen LogP contribution in [0.3, 0.4) is 0 Å². The van der Waals surface area contributed by atoms with Crippen LogP contribution in [-0.2, 0) is 17.1 Å². The largest absolute Gasteiger partial charge is 0.303 e. The number of nitrogens with one attached hydrogen (secondary N) is 1. The van der Waals surface area contributed by atoms with Crippen molar-refractivity contribution in [1.29, 1.82) is 0 Å². The van der Waals surface area contributed by atoms with Gasteiger partial charge in [0.1, 0.15) is 11.4 Å². The third kappa shape index (κ3) is 2.60. The Balaban J connectivity index is 2.57. The summed E-state index contributed by atoms with van der Waals surface area (Å²) in [6.45, 7) is 3.80. The van der Waals surface area contributed by atoms with Gasteiger partial charge in [-0.1, -0.05) is 0 Å². The molecule has 0 spiro atoms. The number of hydrogen-bond acceptors (Lipinski definition) is 4. The first-order chi connectivity index (χ1) is 9.20. The first-order valence-electron chi connectivity index (χ1n) is 5.90. The van der Waals surface area contributed by atoms with E-state index in [0.717, 1.165) is 17.6 Å². The smallest absolute Gasteiger partial charge is 0.270 e. The van der Waals surface area contributed by atoms with Gasteiger partial charge in [0, 0.05) is 18.4 Å². The van der Waals surface area contributed by atoms with Crippen LogP contribution in [0, 0.1) is 13.8 Å². The molecule has 0 saturated carbocycles. The number of rotatable bonds is 3. The minimum Gasteiger partial charge on any atom is -0.303 e. The molecule has 0 fully saturated rings. The van der Waals surface area contributed by atoms with E-state index in [-0.39, 0.29) is 5.56 Å². The lowest BCUT2D eigenvalue weighted by Gasteiger charge is -2.12. The summed E-state index contributed by atoms with van der Waals surface area (Å²) < 4.78 is 27.7. The Morgan fingerprint density at radius 2 is 1.80 bits per heavy atom. The van der Waals surface area contributed by atoms with Gasteiger partial charge in [0.05, 0.1) is 12.5 Å². The number of carbonyl (C=O) groups is 1. The Bertz CT molecular complexity index is 751. The predicted molar refractivity (Wildman–Crippen MR) is 74.3 cm³/mol. The van der Waals surface area contributed by atoms with Gasteiger partial charge in [-0.3, -0.25) is 9.48 Å². The molecule has 0 radical (unpaired) electrons. The quantitative estimate of drug-likeness (QED) is 0.894. The molecule has 0 aliphatic carbocycles. The summed E-state index contributed by atoms with van der Waals surface area (Å²) in [4.78, 5) is 12.1. The molecule has 0 atom stereocenters. The second kappa shape index (κ2) is 4.78. The van der Waals surface area contributed by atoms with Crippen molar-refractivity contribution in [1.82, 2.24) is 19.1 Å². The van der Waals surface area contributed by atoms with E-state index in [1.807, 2.05) is 35.3 Å². The molecule has 2 aromatic heterocycles. The van der Waals surface area contributed by atoms with Crippen LogP contribution in [0.15, 0.2) is 18.3 Å². The van der Waals surface area contributed by atoms with E-state index in [4.69, 9.17) is 0 Å². The maximum absolute atomic E-state index is 12.1. The van der Waals surface area contributed by atoms with E-state index in [1.165, 1.54) is 10.9 Å². The lowest BCUT2D eigenvalue weighted by molar-refractivity contribution is 0.0981. The van der Waals surface area contributed by atoms with Gasteiger partial charge in [-0.25, -0.2) is 13.1 Å². The van der Waals surface area contributed by atoms with Crippen LogP contribution in [0.4, 0.5) is 0 Å². The van der Waals surface area contributed by atoms with E-state index in [1.54, 1.807) is 7.05 Å². The molecular formula is C12H16N4O3S. The highest BCUT2D eigenvalue weighted by Gasteiger charge is 2.21. The molecule has 2 heterocycles. The number of sulfonamides is 1. The molecule has 2 aromatic rings. The van der Waals surface area contributed by atoms with Crippen molar-refractivity contribution in [3.8, 4) is 5.82 Å². The molecule has 8 heteroatoms. The van der Waals surface area contributed by atoms with Gasteiger partial charge in [-0.15, -0.1) is 0 Å². The highest BCUT2D eigenvalue weighted by molar-refractivity contribution is 7.89. The Hall–Kier alpha value is -2.09. The summed E-state index contributed by atoms with van der Waals surface area (Å²) in [6.07, 6.45) is 2.29. The van der Waals surface area contributed by atoms with Crippen molar-refractivity contribution in [3.05, 3.63) is 35.3 Å². The third-order valence-corrected chi connectivity index (χ3v) is 3.47. The number of hydrogen-bond donors (Lipinski definition) is 1. The van der Waals surface area contributed by atoms with E-state index >= 15 is 0 Å². The summed E-state index contributed by atoms with van der Waals surface area (Å²) in [5, 5.41) is 4.05. The van der Waals surface area contributed by atoms with Gasteiger partial charge in [0.25, 0.3) is 5.91 Å². The van der Waals surface area contributed by atoms with Crippen LogP contribution in [0.25, 0.3) is 5.82 Å². The number of aryl methyl sites for hydroxylation is 3. The van der Waals surface area contributed by atoms with Gasteiger partial charge in [0.2, 0.25) is 10.0 Å². The van der Waals surface area contributed by atoms with Crippen LogP contribution in [-0.4, -0.2) is 34.9 Å². The predicted octanol–water partition coefficient (Wildman–Crippen LogP) is 0.517. The van der Waals surface area contributed by atoms with Gasteiger partial charge in [0.15, 0.2) is 0 Å². The van der Waals surface area contributed by atoms with Crippen LogP contribution in [0.1, 0.15) is 21.7 Å². The Morgan fingerprint density at radius 3 is 2.30 bits per heavy atom. The molecule has 2 rings (SSSR count). The zero-order valence-corrected chi connectivity index (χ0v) is 12.5. The molecule has 0 unspecified atom stereocenters. The van der Waals surface area contributed by atoms with Crippen molar-refractivity contribution in [2.24, 2.45) is 7.05 Å². The van der Waals surface area contributed by atoms with Crippen molar-refractivity contribution < 1.29 is 13.2 Å². The average Bonchev–Trinajstić information content (AvgIpc) is 2.81. The molecule has 108 valence electrons. The van der Waals surface area contributed by atoms with Crippen molar-refractivity contribution in [2.75, 3.05) is 6.26 Å². The van der Waals surface area contributed by atoms with E-state index in [2.05, 4.69) is 5.10 Å². The molecular weight excluding hydrogens is 280 g/mol. The number of aromatic nitrogens is 3. The normalized spacial score (nSPS) is 11.6. The molecule has 0 saturated heterocycles.